The third-order valence-corrected chi connectivity index (χ3v) is 3.00. The van der Waals surface area contributed by atoms with E-state index in [-0.39, 0.29) is 11.3 Å². The predicted molar refractivity (Wildman–Crippen MR) is 71.6 cm³/mol. The van der Waals surface area contributed by atoms with Crippen LogP contribution in [0.4, 0.5) is 4.39 Å². The van der Waals surface area contributed by atoms with Crippen LogP contribution in [0, 0.1) is 5.82 Å². The summed E-state index contributed by atoms with van der Waals surface area (Å²) < 4.78 is 13.7. The van der Waals surface area contributed by atoms with Crippen LogP contribution in [-0.4, -0.2) is 10.8 Å². The summed E-state index contributed by atoms with van der Waals surface area (Å²) in [7, 11) is 0. The van der Waals surface area contributed by atoms with Crippen LogP contribution in [-0.2, 0) is 0 Å². The third kappa shape index (κ3) is 1.99. The van der Waals surface area contributed by atoms with E-state index in [0.717, 1.165) is 5.39 Å². The van der Waals surface area contributed by atoms with Gasteiger partial charge in [-0.25, -0.2) is 4.39 Å². The van der Waals surface area contributed by atoms with E-state index in [2.05, 4.69) is 4.98 Å². The first kappa shape index (κ1) is 11.5. The Kier molecular flexibility index (Phi) is 2.80. The molecule has 2 nitrogen and oxygen atoms in total. The van der Waals surface area contributed by atoms with Gasteiger partial charge < -0.3 is 0 Å². The maximum atomic E-state index is 13.7. The van der Waals surface area contributed by atoms with Crippen molar-refractivity contribution in [1.29, 1.82) is 0 Å². The van der Waals surface area contributed by atoms with E-state index in [9.17, 15) is 9.18 Å². The highest BCUT2D eigenvalue weighted by molar-refractivity contribution is 6.15. The molecule has 3 aromatic rings. The molecule has 0 amide bonds. The second-order valence-corrected chi connectivity index (χ2v) is 4.19. The lowest BCUT2D eigenvalue weighted by Gasteiger charge is -2.05. The third-order valence-electron chi connectivity index (χ3n) is 3.00. The topological polar surface area (TPSA) is 30.0 Å². The van der Waals surface area contributed by atoms with Gasteiger partial charge in [-0.1, -0.05) is 30.3 Å². The highest BCUT2D eigenvalue weighted by Gasteiger charge is 2.16. The summed E-state index contributed by atoms with van der Waals surface area (Å²) in [5.41, 5.74) is 1.09. The monoisotopic (exact) mass is 251 g/mol. The number of nitrogens with zero attached hydrogens (tertiary/aromatic N) is 1. The molecule has 0 bridgehead atoms. The van der Waals surface area contributed by atoms with Crippen LogP contribution in [0.25, 0.3) is 10.9 Å². The normalized spacial score (nSPS) is 10.6. The van der Waals surface area contributed by atoms with Crippen molar-refractivity contribution in [3.63, 3.8) is 0 Å². The average molecular weight is 251 g/mol. The first-order valence-corrected chi connectivity index (χ1v) is 5.90. The number of fused-ring (bicyclic) bond motifs is 1. The van der Waals surface area contributed by atoms with Gasteiger partial charge in [0.25, 0.3) is 0 Å². The molecule has 3 heteroatoms. The van der Waals surface area contributed by atoms with E-state index in [1.54, 1.807) is 36.5 Å². The quantitative estimate of drug-likeness (QED) is 0.651. The fraction of sp³-hybridized carbons (Fsp3) is 0. The maximum Gasteiger partial charge on any atom is 0.198 e. The zero-order valence-electron chi connectivity index (χ0n) is 10.0. The van der Waals surface area contributed by atoms with Gasteiger partial charge in [0.15, 0.2) is 5.78 Å². The van der Waals surface area contributed by atoms with Gasteiger partial charge in [-0.2, -0.15) is 0 Å². The molecule has 0 aliphatic heterocycles. The SMILES string of the molecule is O=C(c1ccccc1F)c1cccc2cccnc12. The van der Waals surface area contributed by atoms with Crippen molar-refractivity contribution >= 4 is 16.7 Å². The average Bonchev–Trinajstić information content (AvgIpc) is 2.46. The van der Waals surface area contributed by atoms with Gasteiger partial charge in [0, 0.05) is 17.1 Å². The van der Waals surface area contributed by atoms with Crippen molar-refractivity contribution in [2.75, 3.05) is 0 Å². The number of hydrogen-bond acceptors (Lipinski definition) is 2. The van der Waals surface area contributed by atoms with Crippen LogP contribution in [0.15, 0.2) is 60.8 Å². The molecule has 0 spiro atoms. The second-order valence-electron chi connectivity index (χ2n) is 4.19. The highest BCUT2D eigenvalue weighted by Crippen LogP contribution is 2.20. The van der Waals surface area contributed by atoms with Crippen molar-refractivity contribution in [3.8, 4) is 0 Å². The van der Waals surface area contributed by atoms with E-state index in [1.807, 2.05) is 12.1 Å². The molecule has 0 atom stereocenters. The van der Waals surface area contributed by atoms with Crippen molar-refractivity contribution in [2.24, 2.45) is 0 Å². The van der Waals surface area contributed by atoms with E-state index in [4.69, 9.17) is 0 Å². The standard InChI is InChI=1S/C16H10FNO/c17-14-9-2-1-7-12(14)16(19)13-8-3-5-11-6-4-10-18-15(11)13/h1-10H. The Balaban J connectivity index is 2.20. The van der Waals surface area contributed by atoms with Gasteiger partial charge in [-0.05, 0) is 24.3 Å². The minimum Gasteiger partial charge on any atom is -0.288 e. The number of ketones is 1. The summed E-state index contributed by atoms with van der Waals surface area (Å²) in [4.78, 5) is 16.6. The number of carbonyl (C=O) groups excluding carboxylic acids is 1. The number of rotatable bonds is 2. The summed E-state index contributed by atoms with van der Waals surface area (Å²) in [5.74, 6) is -0.858. The Hall–Kier alpha value is -2.55. The lowest BCUT2D eigenvalue weighted by atomic mass is 10.00. The Bertz CT molecular complexity index is 762. The predicted octanol–water partition coefficient (Wildman–Crippen LogP) is 3.60. The van der Waals surface area contributed by atoms with Crippen molar-refractivity contribution in [3.05, 3.63) is 77.7 Å². The van der Waals surface area contributed by atoms with E-state index in [1.165, 1.54) is 12.1 Å². The summed E-state index contributed by atoms with van der Waals surface area (Å²) in [6, 6.07) is 15.0. The largest absolute Gasteiger partial charge is 0.288 e. The fourth-order valence-corrected chi connectivity index (χ4v) is 2.08. The summed E-state index contributed by atoms with van der Waals surface area (Å²) in [5, 5.41) is 0.865. The van der Waals surface area contributed by atoms with Crippen LogP contribution in [0.5, 0.6) is 0 Å². The minimum absolute atomic E-state index is 0.0700. The number of para-hydroxylation sites is 1. The molecule has 0 unspecified atom stereocenters. The molecule has 1 aromatic heterocycles. The van der Waals surface area contributed by atoms with Gasteiger partial charge in [0.2, 0.25) is 0 Å². The Morgan fingerprint density at radius 1 is 0.895 bits per heavy atom. The molecule has 0 aliphatic carbocycles. The van der Waals surface area contributed by atoms with Crippen molar-refractivity contribution < 1.29 is 9.18 Å². The number of carbonyl (C=O) groups is 1. The lowest BCUT2D eigenvalue weighted by molar-refractivity contribution is 0.103. The molecule has 0 saturated carbocycles. The van der Waals surface area contributed by atoms with Crippen LogP contribution < -0.4 is 0 Å². The molecular weight excluding hydrogens is 241 g/mol. The van der Waals surface area contributed by atoms with Gasteiger partial charge in [0.1, 0.15) is 5.82 Å². The summed E-state index contributed by atoms with van der Waals surface area (Å²) >= 11 is 0. The Morgan fingerprint density at radius 3 is 2.47 bits per heavy atom. The van der Waals surface area contributed by atoms with E-state index in [0.29, 0.717) is 11.1 Å². The number of benzene rings is 2. The molecule has 2 aromatic carbocycles. The van der Waals surface area contributed by atoms with Crippen LogP contribution in [0.2, 0.25) is 0 Å². The number of hydrogen-bond donors (Lipinski definition) is 0. The van der Waals surface area contributed by atoms with E-state index >= 15 is 0 Å². The zero-order chi connectivity index (χ0) is 13.2. The fourth-order valence-electron chi connectivity index (χ4n) is 2.08. The Morgan fingerprint density at radius 2 is 1.63 bits per heavy atom. The van der Waals surface area contributed by atoms with Crippen molar-refractivity contribution in [1.82, 2.24) is 4.98 Å². The summed E-state index contributed by atoms with van der Waals surface area (Å²) in [6.07, 6.45) is 1.63. The number of aromatic nitrogens is 1. The zero-order valence-corrected chi connectivity index (χ0v) is 10.0. The molecule has 0 saturated heterocycles. The molecule has 3 rings (SSSR count). The highest BCUT2D eigenvalue weighted by atomic mass is 19.1. The van der Waals surface area contributed by atoms with Gasteiger partial charge >= 0.3 is 0 Å². The molecule has 0 fully saturated rings. The molecular formula is C16H10FNO. The molecule has 0 N–H and O–H groups in total. The van der Waals surface area contributed by atoms with Gasteiger partial charge in [-0.15, -0.1) is 0 Å². The number of pyridine rings is 1. The second kappa shape index (κ2) is 4.61. The summed E-state index contributed by atoms with van der Waals surface area (Å²) in [6.45, 7) is 0. The number of halogens is 1. The lowest BCUT2D eigenvalue weighted by Crippen LogP contribution is -2.05. The van der Waals surface area contributed by atoms with Crippen LogP contribution >= 0.6 is 0 Å². The molecule has 92 valence electrons. The molecule has 1 heterocycles. The molecule has 19 heavy (non-hydrogen) atoms. The van der Waals surface area contributed by atoms with Gasteiger partial charge in [-0.3, -0.25) is 9.78 Å². The van der Waals surface area contributed by atoms with E-state index < -0.39 is 5.82 Å². The first-order valence-electron chi connectivity index (χ1n) is 5.90. The first-order chi connectivity index (χ1) is 9.27. The van der Waals surface area contributed by atoms with Crippen molar-refractivity contribution in [2.45, 2.75) is 0 Å². The van der Waals surface area contributed by atoms with Crippen LogP contribution in [0.1, 0.15) is 15.9 Å². The minimum atomic E-state index is -0.513. The smallest absolute Gasteiger partial charge is 0.198 e. The molecule has 0 radical (unpaired) electrons. The Labute approximate surface area is 109 Å². The molecule has 0 aliphatic rings. The maximum absolute atomic E-state index is 13.7. The van der Waals surface area contributed by atoms with Gasteiger partial charge in [0.05, 0.1) is 11.1 Å². The van der Waals surface area contributed by atoms with Crippen LogP contribution in [0.3, 0.4) is 0 Å².